The molecule has 1 aromatic heterocycles. The van der Waals surface area contributed by atoms with Gasteiger partial charge in [-0.15, -0.1) is 5.10 Å². The number of hydrogen-bond donors (Lipinski definition) is 1. The van der Waals surface area contributed by atoms with Crippen LogP contribution in [0.1, 0.15) is 38.6 Å². The van der Waals surface area contributed by atoms with E-state index in [-0.39, 0.29) is 26.7 Å². The molecule has 1 aliphatic heterocycles. The molecule has 0 aliphatic carbocycles. The van der Waals surface area contributed by atoms with Gasteiger partial charge in [-0.3, -0.25) is 9.36 Å². The summed E-state index contributed by atoms with van der Waals surface area (Å²) in [4.78, 5) is 13.7. The summed E-state index contributed by atoms with van der Waals surface area (Å²) >= 11 is 11.9. The van der Waals surface area contributed by atoms with E-state index in [1.807, 2.05) is 31.2 Å². The van der Waals surface area contributed by atoms with Gasteiger partial charge in [-0.25, -0.2) is 13.1 Å². The van der Waals surface area contributed by atoms with Crippen molar-refractivity contribution in [3.63, 3.8) is 0 Å². The van der Waals surface area contributed by atoms with Gasteiger partial charge in [-0.05, 0) is 44.2 Å². The van der Waals surface area contributed by atoms with E-state index >= 15 is 0 Å². The normalized spacial score (nSPS) is 15.3. The minimum Gasteiger partial charge on any atom is -0.424 e. The second-order valence-corrected chi connectivity index (χ2v) is 10.7. The lowest BCUT2D eigenvalue weighted by atomic mass is 10.1. The Morgan fingerprint density at radius 3 is 2.51 bits per heavy atom. The van der Waals surface area contributed by atoms with E-state index in [2.05, 4.69) is 19.8 Å². The average molecular weight is 538 g/mol. The number of hydrogen-bond acceptors (Lipinski definition) is 7. The molecule has 1 atom stereocenters. The lowest BCUT2D eigenvalue weighted by molar-refractivity contribution is -0.119. The van der Waals surface area contributed by atoms with Crippen LogP contribution >= 0.6 is 23.2 Å². The fraction of sp³-hybridized carbons (Fsp3) is 0.348. The van der Waals surface area contributed by atoms with Gasteiger partial charge in [0.25, 0.3) is 0 Å². The summed E-state index contributed by atoms with van der Waals surface area (Å²) in [6.07, 6.45) is 1.07. The zero-order chi connectivity index (χ0) is 25.2. The Labute approximate surface area is 214 Å². The molecule has 0 radical (unpaired) electrons. The van der Waals surface area contributed by atoms with Crippen LogP contribution < -0.4 is 14.4 Å². The number of nitrogens with zero attached hydrogens (tertiary/aromatic N) is 4. The minimum atomic E-state index is -3.89. The molecule has 0 saturated carbocycles. The molecule has 12 heteroatoms. The van der Waals surface area contributed by atoms with Crippen molar-refractivity contribution in [1.29, 1.82) is 0 Å². The van der Waals surface area contributed by atoms with E-state index in [1.165, 1.54) is 18.2 Å². The largest absolute Gasteiger partial charge is 0.424 e. The van der Waals surface area contributed by atoms with Crippen molar-refractivity contribution in [2.75, 3.05) is 18.0 Å². The molecule has 2 aromatic carbocycles. The molecule has 2 heterocycles. The Morgan fingerprint density at radius 2 is 1.83 bits per heavy atom. The van der Waals surface area contributed by atoms with Crippen LogP contribution in [0.5, 0.6) is 11.8 Å². The highest BCUT2D eigenvalue weighted by molar-refractivity contribution is 7.89. The van der Waals surface area contributed by atoms with Gasteiger partial charge in [0.2, 0.25) is 10.0 Å². The number of carbonyl (C=O) groups is 1. The number of aromatic nitrogens is 3. The highest BCUT2D eigenvalue weighted by atomic mass is 35.5. The third-order valence-electron chi connectivity index (χ3n) is 5.70. The number of piperidine rings is 1. The number of ether oxygens (including phenoxy) is 1. The van der Waals surface area contributed by atoms with E-state index in [0.29, 0.717) is 44.0 Å². The van der Waals surface area contributed by atoms with E-state index in [9.17, 15) is 13.2 Å². The fourth-order valence-electron chi connectivity index (χ4n) is 3.85. The zero-order valence-electron chi connectivity index (χ0n) is 19.2. The highest BCUT2D eigenvalue weighted by Crippen LogP contribution is 2.29. The van der Waals surface area contributed by atoms with Gasteiger partial charge < -0.3 is 9.64 Å². The van der Waals surface area contributed by atoms with E-state index in [4.69, 9.17) is 27.9 Å². The third-order valence-corrected chi connectivity index (χ3v) is 7.97. The maximum atomic E-state index is 12.9. The summed E-state index contributed by atoms with van der Waals surface area (Å²) < 4.78 is 36.0. The van der Waals surface area contributed by atoms with Gasteiger partial charge in [-0.2, -0.15) is 0 Å². The summed E-state index contributed by atoms with van der Waals surface area (Å²) in [5.41, 5.74) is 0.959. The van der Waals surface area contributed by atoms with Gasteiger partial charge >= 0.3 is 6.01 Å². The molecule has 0 amide bonds. The molecular weight excluding hydrogens is 513 g/mol. The van der Waals surface area contributed by atoms with Crippen molar-refractivity contribution in [1.82, 2.24) is 19.5 Å². The Hall–Kier alpha value is -2.66. The summed E-state index contributed by atoms with van der Waals surface area (Å²) in [5.74, 6) is 1.25. The van der Waals surface area contributed by atoms with Crippen molar-refractivity contribution in [2.24, 2.45) is 0 Å². The molecule has 1 unspecified atom stereocenters. The van der Waals surface area contributed by atoms with Crippen molar-refractivity contribution >= 4 is 44.7 Å². The van der Waals surface area contributed by atoms with Crippen LogP contribution in [-0.4, -0.2) is 42.1 Å². The Balaban J connectivity index is 1.52. The first-order valence-electron chi connectivity index (χ1n) is 11.1. The van der Waals surface area contributed by atoms with E-state index < -0.39 is 16.1 Å². The summed E-state index contributed by atoms with van der Waals surface area (Å²) in [5, 5.41) is 8.74. The molecular formula is C23H25Cl2N5O4S. The number of halogens is 2. The van der Waals surface area contributed by atoms with Crippen LogP contribution in [0.2, 0.25) is 10.0 Å². The molecule has 1 saturated heterocycles. The van der Waals surface area contributed by atoms with Gasteiger partial charge in [0.15, 0.2) is 5.82 Å². The highest BCUT2D eigenvalue weighted by Gasteiger charge is 2.25. The van der Waals surface area contributed by atoms with Crippen molar-refractivity contribution in [2.45, 2.75) is 44.2 Å². The molecule has 1 N–H and O–H groups in total. The fourth-order valence-corrected chi connectivity index (χ4v) is 5.44. The lowest BCUT2D eigenvalue weighted by Crippen LogP contribution is -2.33. The van der Waals surface area contributed by atoms with Crippen molar-refractivity contribution in [3.05, 3.63) is 58.3 Å². The van der Waals surface area contributed by atoms with Crippen LogP contribution in [0.3, 0.4) is 0 Å². The smallest absolute Gasteiger partial charge is 0.322 e. The summed E-state index contributed by atoms with van der Waals surface area (Å²) in [6, 6.07) is 11.2. The molecule has 3 aromatic rings. The second-order valence-electron chi connectivity index (χ2n) is 8.13. The molecule has 1 aliphatic rings. The van der Waals surface area contributed by atoms with E-state index in [1.54, 1.807) is 11.5 Å². The van der Waals surface area contributed by atoms with Crippen molar-refractivity contribution in [3.8, 4) is 11.8 Å². The molecule has 1 fully saturated rings. The monoisotopic (exact) mass is 537 g/mol. The predicted molar refractivity (Wildman–Crippen MR) is 134 cm³/mol. The minimum absolute atomic E-state index is 0.00554. The summed E-state index contributed by atoms with van der Waals surface area (Å²) in [7, 11) is -3.89. The maximum Gasteiger partial charge on any atom is 0.322 e. The first-order valence-corrected chi connectivity index (χ1v) is 13.4. The third kappa shape index (κ3) is 5.78. The molecule has 0 spiro atoms. The number of carbonyl (C=O) groups excluding carboxylic acids is 1. The van der Waals surface area contributed by atoms with Gasteiger partial charge in [0.1, 0.15) is 11.5 Å². The molecule has 35 heavy (non-hydrogen) atoms. The first kappa shape index (κ1) is 25.4. The number of benzene rings is 2. The molecule has 4 rings (SSSR count). The number of Topliss-reactive ketones (excluding diaryl/α,β-unsaturated/α-hetero) is 1. The lowest BCUT2D eigenvalue weighted by Gasteiger charge is -2.28. The zero-order valence-corrected chi connectivity index (χ0v) is 21.6. The topological polar surface area (TPSA) is 106 Å². The molecule has 186 valence electrons. The average Bonchev–Trinajstić information content (AvgIpc) is 3.23. The van der Waals surface area contributed by atoms with Crippen LogP contribution in [0.25, 0.3) is 0 Å². The second kappa shape index (κ2) is 10.5. The SMILES string of the molecule is CCn1c(Oc2cccc(N3CCC(=O)CC3)c2)nnc1C(C)NS(=O)(=O)c1ccc(Cl)c(Cl)c1. The predicted octanol–water partition coefficient (Wildman–Crippen LogP) is 4.61. The number of nitrogens with one attached hydrogen (secondary N) is 1. The van der Waals surface area contributed by atoms with Gasteiger partial charge in [0, 0.05) is 44.2 Å². The number of rotatable bonds is 8. The van der Waals surface area contributed by atoms with Crippen LogP contribution in [0, 0.1) is 0 Å². The first-order chi connectivity index (χ1) is 16.7. The standard InChI is InChI=1S/C23H25Cl2N5O4S/c1-3-30-22(15(2)28-35(32,33)19-7-8-20(24)21(25)14-19)26-27-23(30)34-18-6-4-5-16(13-18)29-11-9-17(31)10-12-29/h4-8,13-15,28H,3,9-12H2,1-2H3. The molecule has 0 bridgehead atoms. The van der Waals surface area contributed by atoms with Crippen LogP contribution in [-0.2, 0) is 21.4 Å². The number of anilines is 1. The van der Waals surface area contributed by atoms with Crippen LogP contribution in [0.4, 0.5) is 5.69 Å². The summed E-state index contributed by atoms with van der Waals surface area (Å²) in [6.45, 7) is 5.38. The van der Waals surface area contributed by atoms with E-state index in [0.717, 1.165) is 5.69 Å². The molecule has 9 nitrogen and oxygen atoms in total. The maximum absolute atomic E-state index is 12.9. The van der Waals surface area contributed by atoms with Gasteiger partial charge in [0.05, 0.1) is 21.0 Å². The number of sulfonamides is 1. The van der Waals surface area contributed by atoms with Gasteiger partial charge in [-0.1, -0.05) is 34.4 Å². The number of ketones is 1. The Morgan fingerprint density at radius 1 is 1.09 bits per heavy atom. The Kier molecular flexibility index (Phi) is 7.65. The van der Waals surface area contributed by atoms with Crippen molar-refractivity contribution < 1.29 is 17.9 Å². The van der Waals surface area contributed by atoms with Crippen LogP contribution in [0.15, 0.2) is 47.4 Å². The quantitative estimate of drug-likeness (QED) is 0.447. The Bertz CT molecular complexity index is 1340.